The number of aliphatic carboxylic acids is 1. The van der Waals surface area contributed by atoms with Crippen LogP contribution in [0.4, 0.5) is 4.79 Å². The molecule has 30 nitrogen and oxygen atoms in total. The number of aliphatic hydroxyl groups excluding tert-OH is 4. The number of urea groups is 1. The van der Waals surface area contributed by atoms with E-state index in [0.29, 0.717) is 27.0 Å². The van der Waals surface area contributed by atoms with Gasteiger partial charge in [-0.2, -0.15) is 4.99 Å². The second-order valence-corrected chi connectivity index (χ2v) is 16.8. The molecule has 16 N–H and O–H groups in total. The summed E-state index contributed by atoms with van der Waals surface area (Å²) in [6, 6.07) is -8.79. The average Bonchev–Trinajstić information content (AvgIpc) is 3.56. The number of thioether (sulfide) groups is 1. The third-order valence-corrected chi connectivity index (χ3v) is 12.0. The average molecular weight is 993 g/mol. The highest BCUT2D eigenvalue weighted by atomic mass is 32.2. The molecular formula is C37H60N12O18S. The quantitative estimate of drug-likeness (QED) is 0.0320. The molecule has 1 aliphatic rings. The Morgan fingerprint density at radius 3 is 1.63 bits per heavy atom. The summed E-state index contributed by atoms with van der Waals surface area (Å²) in [6.45, 7) is 1.07. The van der Waals surface area contributed by atoms with Gasteiger partial charge in [0.25, 0.3) is 0 Å². The number of hydrogen-bond donors (Lipinski definition) is 14. The first-order valence-corrected chi connectivity index (χ1v) is 21.7. The van der Waals surface area contributed by atoms with Crippen LogP contribution in [0.1, 0.15) is 64.7 Å². The second kappa shape index (κ2) is 27.1. The highest BCUT2D eigenvalue weighted by molar-refractivity contribution is 8.00. The Hall–Kier alpha value is -6.06. The van der Waals surface area contributed by atoms with Crippen molar-refractivity contribution in [2.24, 2.45) is 23.5 Å². The molecule has 0 radical (unpaired) electrons. The van der Waals surface area contributed by atoms with E-state index in [1.165, 1.54) is 13.1 Å². The van der Waals surface area contributed by atoms with Crippen molar-refractivity contribution < 1.29 is 84.3 Å². The van der Waals surface area contributed by atoms with Crippen molar-refractivity contribution >= 4 is 65.1 Å². The van der Waals surface area contributed by atoms with Crippen molar-refractivity contribution in [2.45, 2.75) is 118 Å². The molecule has 1 aromatic rings. The topological polar surface area (TPSA) is 465 Å². The van der Waals surface area contributed by atoms with E-state index in [0.717, 1.165) is 36.1 Å². The second-order valence-electron chi connectivity index (χ2n) is 15.5. The molecule has 0 unspecified atom stereocenters. The molecule has 68 heavy (non-hydrogen) atoms. The molecule has 1 fully saturated rings. The maximum Gasteiger partial charge on any atom is 0.340 e. The summed E-state index contributed by atoms with van der Waals surface area (Å²) in [5.41, 5.74) is 9.99. The number of rotatable bonds is 25. The van der Waals surface area contributed by atoms with Crippen LogP contribution in [0.3, 0.4) is 0 Å². The monoisotopic (exact) mass is 992 g/mol. The Morgan fingerprint density at radius 1 is 0.750 bits per heavy atom. The summed E-state index contributed by atoms with van der Waals surface area (Å²) in [5, 5.41) is 89.5. The number of aliphatic hydroxyl groups is 4. The molecule has 0 saturated carbocycles. The van der Waals surface area contributed by atoms with Gasteiger partial charge in [-0.15, -0.1) is 11.8 Å². The molecule has 2 heterocycles. The lowest BCUT2D eigenvalue weighted by Gasteiger charge is -2.29. The minimum Gasteiger partial charge on any atom is -0.480 e. The molecule has 1 aromatic heterocycles. The molecule has 2 rings (SSSR count). The lowest BCUT2D eigenvalue weighted by Crippen LogP contribution is -2.61. The number of nitrogens with zero attached hydrogens (tertiary/aromatic N) is 6. The molecular weight excluding hydrogens is 933 g/mol. The van der Waals surface area contributed by atoms with Gasteiger partial charge in [0.2, 0.25) is 41.4 Å². The summed E-state index contributed by atoms with van der Waals surface area (Å²) in [7, 11) is 1.21. The normalized spacial score (nSPS) is 19.6. The summed E-state index contributed by atoms with van der Waals surface area (Å²) >= 11 is 0.545. The maximum atomic E-state index is 13.8. The van der Waals surface area contributed by atoms with Crippen LogP contribution < -0.4 is 43.9 Å². The molecule has 9 amide bonds. The molecule has 0 aliphatic carbocycles. The van der Waals surface area contributed by atoms with Crippen LogP contribution in [0.15, 0.2) is 22.1 Å². The Bertz CT molecular complexity index is 2130. The number of primary amides is 1. The van der Waals surface area contributed by atoms with Crippen molar-refractivity contribution in [2.75, 3.05) is 26.2 Å². The first-order chi connectivity index (χ1) is 31.7. The first-order valence-electron chi connectivity index (χ1n) is 20.8. The van der Waals surface area contributed by atoms with Crippen molar-refractivity contribution in [3.63, 3.8) is 0 Å². The fourth-order valence-corrected chi connectivity index (χ4v) is 8.03. The predicted octanol–water partition coefficient (Wildman–Crippen LogP) is -6.74. The van der Waals surface area contributed by atoms with Gasteiger partial charge >= 0.3 is 17.7 Å². The fraction of sp³-hybridized carbons (Fsp3) is 0.649. The standard InChI is InChI=1S/C37H60N12O18S/c1-17(51)47(65)12-5-8-20(38)30(57)40-21(9-6-13-48(66)18(2)52)31(58)41-22(10-7-14-49(67)19(3)53)32(59)42-23(16-50)33(60)44-25(35(61)62)26(54)29-27(55)28(56)34(68-29)46-15-11-24(43-36(39)63)45(4)37(46)64/h11,15,20-23,25-29,34,50,54-56,65-67H,5-10,12-14,16,38H2,1-4H3,(H2,39,63)(H,40,57)(H,41,58)(H,42,59)(H,44,60)(H,61,62)/b43-24+/t20-,21-,22-,23-,25+,26+,27+,28+,29+,34+/m0/s1. The molecule has 1 saturated heterocycles. The van der Waals surface area contributed by atoms with Gasteiger partial charge in [-0.05, 0) is 44.6 Å². The molecule has 0 aromatic carbocycles. The van der Waals surface area contributed by atoms with Crippen molar-refractivity contribution in [1.29, 1.82) is 0 Å². The smallest absolute Gasteiger partial charge is 0.340 e. The number of carbonyl (C=O) groups is 9. The van der Waals surface area contributed by atoms with Crippen LogP contribution in [0.5, 0.6) is 0 Å². The number of nitrogens with one attached hydrogen (secondary N) is 4. The summed E-state index contributed by atoms with van der Waals surface area (Å²) in [6.07, 6.45) is -5.91. The zero-order chi connectivity index (χ0) is 51.7. The van der Waals surface area contributed by atoms with Crippen molar-refractivity contribution in [1.82, 2.24) is 45.6 Å². The minimum atomic E-state index is -2.31. The largest absolute Gasteiger partial charge is 0.480 e. The number of aromatic nitrogens is 2. The summed E-state index contributed by atoms with van der Waals surface area (Å²) in [5.74, 6) is -8.71. The van der Waals surface area contributed by atoms with Crippen LogP contribution >= 0.6 is 11.8 Å². The number of nitrogens with two attached hydrogens (primary N) is 2. The number of carbonyl (C=O) groups excluding carboxylic acids is 8. The Balaban J connectivity index is 2.35. The lowest BCUT2D eigenvalue weighted by molar-refractivity contribution is -0.163. The van der Waals surface area contributed by atoms with Gasteiger partial charge in [-0.1, -0.05) is 0 Å². The van der Waals surface area contributed by atoms with Gasteiger partial charge in [0, 0.05) is 53.6 Å². The maximum absolute atomic E-state index is 13.8. The Morgan fingerprint density at radius 2 is 1.19 bits per heavy atom. The number of hydroxylamine groups is 6. The van der Waals surface area contributed by atoms with Gasteiger partial charge in [0.15, 0.2) is 6.04 Å². The molecule has 0 spiro atoms. The molecule has 0 bridgehead atoms. The van der Waals surface area contributed by atoms with Crippen LogP contribution in [0.25, 0.3) is 0 Å². The minimum absolute atomic E-state index is 0.0520. The number of amides is 9. The van der Waals surface area contributed by atoms with E-state index in [-0.39, 0.29) is 57.2 Å². The third-order valence-electron chi connectivity index (χ3n) is 10.4. The van der Waals surface area contributed by atoms with Crippen molar-refractivity contribution in [3.8, 4) is 0 Å². The van der Waals surface area contributed by atoms with Crippen LogP contribution in [-0.2, 0) is 45.4 Å². The van der Waals surface area contributed by atoms with Gasteiger partial charge in [-0.3, -0.25) is 58.3 Å². The number of carboxylic acids is 1. The van der Waals surface area contributed by atoms with Gasteiger partial charge in [-0.25, -0.2) is 29.6 Å². The molecule has 1 aliphatic heterocycles. The van der Waals surface area contributed by atoms with E-state index in [1.54, 1.807) is 0 Å². The molecule has 382 valence electrons. The summed E-state index contributed by atoms with van der Waals surface area (Å²) in [4.78, 5) is 129. The Kier molecular flexibility index (Phi) is 23.1. The molecule has 10 atom stereocenters. The van der Waals surface area contributed by atoms with Gasteiger partial charge in [0.1, 0.15) is 35.1 Å². The van der Waals surface area contributed by atoms with E-state index in [2.05, 4.69) is 20.9 Å². The zero-order valence-corrected chi connectivity index (χ0v) is 38.2. The zero-order valence-electron chi connectivity index (χ0n) is 37.4. The van der Waals surface area contributed by atoms with E-state index in [1.807, 2.05) is 5.32 Å². The predicted molar refractivity (Wildman–Crippen MR) is 229 cm³/mol. The van der Waals surface area contributed by atoms with Gasteiger partial charge < -0.3 is 58.3 Å². The number of carboxylic acid groups (broad SMARTS) is 1. The highest BCUT2D eigenvalue weighted by Crippen LogP contribution is 2.43. The third kappa shape index (κ3) is 16.9. The SMILES string of the molecule is CC(=O)N(O)CCC[C@H](NC(=O)[C@H](CCCN(O)C(C)=O)NC(=O)[C@@H](N)CCCN(O)C(C)=O)C(=O)N[C@@H](CO)C(=O)N[C@@H](C(=O)O)[C@@H](O)[C@H]1S[C@@H](n2cc/c(=N\C(N)=O)n(C)c2=O)[C@H](O)[C@H]1O. The van der Waals surface area contributed by atoms with Crippen LogP contribution in [-0.4, -0.2) is 199 Å². The van der Waals surface area contributed by atoms with E-state index in [9.17, 15) is 89.1 Å². The Labute approximate surface area is 390 Å². The highest BCUT2D eigenvalue weighted by Gasteiger charge is 2.50. The van der Waals surface area contributed by atoms with E-state index < -0.39 is 131 Å². The lowest BCUT2D eigenvalue weighted by atomic mass is 10.00. The molecule has 31 heteroatoms. The van der Waals surface area contributed by atoms with E-state index in [4.69, 9.17) is 11.5 Å². The summed E-state index contributed by atoms with van der Waals surface area (Å²) < 4.78 is 1.78. The first kappa shape index (κ1) is 58.1. The van der Waals surface area contributed by atoms with Crippen LogP contribution in [0, 0.1) is 0 Å². The van der Waals surface area contributed by atoms with Gasteiger partial charge in [0.05, 0.1) is 30.1 Å². The van der Waals surface area contributed by atoms with Crippen LogP contribution in [0.2, 0.25) is 0 Å². The van der Waals surface area contributed by atoms with Crippen molar-refractivity contribution in [3.05, 3.63) is 28.2 Å². The fourth-order valence-electron chi connectivity index (χ4n) is 6.46. The number of hydrogen-bond acceptors (Lipinski definition) is 19. The van der Waals surface area contributed by atoms with E-state index >= 15 is 0 Å².